The van der Waals surface area contributed by atoms with Gasteiger partial charge in [0.05, 0.1) is 17.4 Å². The third kappa shape index (κ3) is 3.72. The van der Waals surface area contributed by atoms with Crippen LogP contribution < -0.4 is 10.2 Å². The van der Waals surface area contributed by atoms with Crippen LogP contribution >= 0.6 is 0 Å². The minimum atomic E-state index is -2.93. The van der Waals surface area contributed by atoms with E-state index >= 15 is 0 Å². The normalized spacial score (nSPS) is 26.4. The van der Waals surface area contributed by atoms with Crippen LogP contribution in [-0.4, -0.2) is 44.8 Å². The zero-order chi connectivity index (χ0) is 16.4. The third-order valence-electron chi connectivity index (χ3n) is 4.46. The van der Waals surface area contributed by atoms with E-state index in [-0.39, 0.29) is 41.6 Å². The van der Waals surface area contributed by atoms with Gasteiger partial charge in [-0.1, -0.05) is 18.2 Å². The molecular weight excluding hydrogens is 316 g/mol. The van der Waals surface area contributed by atoms with Crippen LogP contribution in [0.25, 0.3) is 0 Å². The molecule has 2 aliphatic rings. The van der Waals surface area contributed by atoms with Crippen molar-refractivity contribution >= 4 is 27.3 Å². The molecule has 23 heavy (non-hydrogen) atoms. The van der Waals surface area contributed by atoms with Gasteiger partial charge >= 0.3 is 0 Å². The molecule has 2 saturated heterocycles. The van der Waals surface area contributed by atoms with Crippen molar-refractivity contribution in [1.82, 2.24) is 5.32 Å². The average molecular weight is 336 g/mol. The van der Waals surface area contributed by atoms with Gasteiger partial charge < -0.3 is 10.2 Å². The standard InChI is InChI=1S/C16H20N2O4S/c19-15-8-13(10-18(15)14-4-2-1-3-5-14)16(20)17-9-12-6-7-23(21,22)11-12/h1-5,12-13H,6-11H2,(H,17,20). The van der Waals surface area contributed by atoms with Crippen LogP contribution in [0.5, 0.6) is 0 Å². The Morgan fingerprint density at radius 2 is 2.00 bits per heavy atom. The highest BCUT2D eigenvalue weighted by Crippen LogP contribution is 2.25. The zero-order valence-electron chi connectivity index (χ0n) is 12.8. The number of carbonyl (C=O) groups excluding carboxylic acids is 2. The minimum Gasteiger partial charge on any atom is -0.355 e. The van der Waals surface area contributed by atoms with Crippen molar-refractivity contribution in [3.05, 3.63) is 30.3 Å². The lowest BCUT2D eigenvalue weighted by Crippen LogP contribution is -2.36. The molecule has 2 atom stereocenters. The molecule has 0 spiro atoms. The van der Waals surface area contributed by atoms with Crippen LogP contribution in [0.3, 0.4) is 0 Å². The molecule has 2 heterocycles. The number of nitrogens with one attached hydrogen (secondary N) is 1. The van der Waals surface area contributed by atoms with Gasteiger partial charge in [-0.15, -0.1) is 0 Å². The van der Waals surface area contributed by atoms with E-state index < -0.39 is 9.84 Å². The Bertz CT molecular complexity index is 702. The van der Waals surface area contributed by atoms with Gasteiger partial charge in [0.25, 0.3) is 0 Å². The van der Waals surface area contributed by atoms with Crippen molar-refractivity contribution in [2.24, 2.45) is 11.8 Å². The Labute approximate surface area is 135 Å². The maximum atomic E-state index is 12.2. The zero-order valence-corrected chi connectivity index (χ0v) is 13.6. The second-order valence-electron chi connectivity index (χ2n) is 6.26. The van der Waals surface area contributed by atoms with Gasteiger partial charge in [0.2, 0.25) is 11.8 Å². The fraction of sp³-hybridized carbons (Fsp3) is 0.500. The van der Waals surface area contributed by atoms with Crippen molar-refractivity contribution in [3.8, 4) is 0 Å². The molecule has 0 aromatic heterocycles. The number of rotatable bonds is 4. The molecule has 1 N–H and O–H groups in total. The van der Waals surface area contributed by atoms with E-state index in [9.17, 15) is 18.0 Å². The van der Waals surface area contributed by atoms with E-state index in [1.54, 1.807) is 4.90 Å². The Balaban J connectivity index is 1.54. The summed E-state index contributed by atoms with van der Waals surface area (Å²) in [6, 6.07) is 9.29. The lowest BCUT2D eigenvalue weighted by Gasteiger charge is -2.17. The van der Waals surface area contributed by atoms with Gasteiger partial charge in [-0.25, -0.2) is 8.42 Å². The Morgan fingerprint density at radius 3 is 2.65 bits per heavy atom. The maximum absolute atomic E-state index is 12.2. The molecule has 0 bridgehead atoms. The highest BCUT2D eigenvalue weighted by atomic mass is 32.2. The van der Waals surface area contributed by atoms with Gasteiger partial charge in [-0.2, -0.15) is 0 Å². The minimum absolute atomic E-state index is 0.00807. The summed E-state index contributed by atoms with van der Waals surface area (Å²) in [6.07, 6.45) is 0.798. The van der Waals surface area contributed by atoms with Crippen molar-refractivity contribution in [2.45, 2.75) is 12.8 Å². The molecule has 1 aromatic rings. The van der Waals surface area contributed by atoms with Crippen LogP contribution in [0, 0.1) is 11.8 Å². The first kappa shape index (κ1) is 16.0. The summed E-state index contributed by atoms with van der Waals surface area (Å²) >= 11 is 0. The summed E-state index contributed by atoms with van der Waals surface area (Å²) in [6.45, 7) is 0.742. The molecule has 0 saturated carbocycles. The van der Waals surface area contributed by atoms with Gasteiger partial charge in [0.1, 0.15) is 0 Å². The summed E-state index contributed by atoms with van der Waals surface area (Å²) in [5, 5.41) is 2.81. The topological polar surface area (TPSA) is 83.5 Å². The highest BCUT2D eigenvalue weighted by Gasteiger charge is 2.35. The van der Waals surface area contributed by atoms with E-state index in [0.717, 1.165) is 5.69 Å². The summed E-state index contributed by atoms with van der Waals surface area (Å²) in [4.78, 5) is 26.0. The first-order chi connectivity index (χ1) is 10.9. The van der Waals surface area contributed by atoms with Crippen molar-refractivity contribution in [1.29, 1.82) is 0 Å². The SMILES string of the molecule is O=C(NCC1CCS(=O)(=O)C1)C1CC(=O)N(c2ccccc2)C1. The van der Waals surface area contributed by atoms with Crippen LogP contribution in [0.1, 0.15) is 12.8 Å². The molecule has 0 radical (unpaired) electrons. The molecule has 0 aliphatic carbocycles. The predicted molar refractivity (Wildman–Crippen MR) is 86.7 cm³/mol. The summed E-state index contributed by atoms with van der Waals surface area (Å²) in [7, 11) is -2.93. The molecule has 6 nitrogen and oxygen atoms in total. The predicted octanol–water partition coefficient (Wildman–Crippen LogP) is 0.590. The number of hydrogen-bond acceptors (Lipinski definition) is 4. The average Bonchev–Trinajstić information content (AvgIpc) is 3.08. The monoisotopic (exact) mass is 336 g/mol. The number of hydrogen-bond donors (Lipinski definition) is 1. The second-order valence-corrected chi connectivity index (χ2v) is 8.48. The molecule has 1 aromatic carbocycles. The van der Waals surface area contributed by atoms with Gasteiger partial charge in [-0.05, 0) is 24.5 Å². The lowest BCUT2D eigenvalue weighted by molar-refractivity contribution is -0.126. The number of carbonyl (C=O) groups is 2. The number of benzene rings is 1. The van der Waals surface area contributed by atoms with Crippen LogP contribution in [0.4, 0.5) is 5.69 Å². The van der Waals surface area contributed by atoms with Gasteiger partial charge in [0.15, 0.2) is 9.84 Å². The molecule has 124 valence electrons. The summed E-state index contributed by atoms with van der Waals surface area (Å²) < 4.78 is 22.8. The Kier molecular flexibility index (Phi) is 4.39. The first-order valence-corrected chi connectivity index (χ1v) is 9.60. The van der Waals surface area contributed by atoms with E-state index in [1.807, 2.05) is 30.3 Å². The summed E-state index contributed by atoms with van der Waals surface area (Å²) in [5.41, 5.74) is 0.801. The maximum Gasteiger partial charge on any atom is 0.227 e. The number of anilines is 1. The molecule has 2 amide bonds. The van der Waals surface area contributed by atoms with E-state index in [4.69, 9.17) is 0 Å². The Morgan fingerprint density at radius 1 is 1.26 bits per heavy atom. The molecule has 3 rings (SSSR count). The van der Waals surface area contributed by atoms with Crippen LogP contribution in [0.2, 0.25) is 0 Å². The van der Waals surface area contributed by atoms with Crippen molar-refractivity contribution in [3.63, 3.8) is 0 Å². The molecule has 2 fully saturated rings. The number of para-hydroxylation sites is 1. The molecule has 2 aliphatic heterocycles. The lowest BCUT2D eigenvalue weighted by atomic mass is 10.1. The second kappa shape index (κ2) is 6.31. The van der Waals surface area contributed by atoms with E-state index in [1.165, 1.54) is 0 Å². The van der Waals surface area contributed by atoms with Crippen molar-refractivity contribution < 1.29 is 18.0 Å². The van der Waals surface area contributed by atoms with Crippen LogP contribution in [-0.2, 0) is 19.4 Å². The fourth-order valence-corrected chi connectivity index (χ4v) is 5.02. The van der Waals surface area contributed by atoms with Crippen LogP contribution in [0.15, 0.2) is 30.3 Å². The smallest absolute Gasteiger partial charge is 0.227 e. The van der Waals surface area contributed by atoms with E-state index in [0.29, 0.717) is 19.5 Å². The molecule has 7 heteroatoms. The molecule has 2 unspecified atom stereocenters. The van der Waals surface area contributed by atoms with Gasteiger partial charge in [-0.3, -0.25) is 9.59 Å². The first-order valence-electron chi connectivity index (χ1n) is 7.78. The van der Waals surface area contributed by atoms with E-state index in [2.05, 4.69) is 5.32 Å². The van der Waals surface area contributed by atoms with Gasteiger partial charge in [0, 0.05) is 25.2 Å². The Hall–Kier alpha value is -1.89. The highest BCUT2D eigenvalue weighted by molar-refractivity contribution is 7.91. The summed E-state index contributed by atoms with van der Waals surface area (Å²) in [5.74, 6) is -0.252. The number of nitrogens with zero attached hydrogens (tertiary/aromatic N) is 1. The quantitative estimate of drug-likeness (QED) is 0.872. The number of sulfone groups is 1. The molecular formula is C16H20N2O4S. The fourth-order valence-electron chi connectivity index (χ4n) is 3.16. The number of amides is 2. The van der Waals surface area contributed by atoms with Crippen molar-refractivity contribution in [2.75, 3.05) is 29.5 Å². The largest absolute Gasteiger partial charge is 0.355 e. The third-order valence-corrected chi connectivity index (χ3v) is 6.29.